The average molecular weight is 485 g/mol. The normalized spacial score (nSPS) is 20.8. The Labute approximate surface area is 203 Å². The van der Waals surface area contributed by atoms with Crippen LogP contribution in [0.2, 0.25) is 5.02 Å². The Morgan fingerprint density at radius 3 is 2.79 bits per heavy atom. The monoisotopic (exact) mass is 484 g/mol. The molecule has 8 nitrogen and oxygen atoms in total. The summed E-state index contributed by atoms with van der Waals surface area (Å²) >= 11 is 6.16. The first kappa shape index (κ1) is 23.1. The number of ether oxygens (including phenoxy) is 1. The summed E-state index contributed by atoms with van der Waals surface area (Å²) in [5.74, 6) is -0.271. The summed E-state index contributed by atoms with van der Waals surface area (Å²) in [6, 6.07) is 5.30. The van der Waals surface area contributed by atoms with Crippen LogP contribution in [-0.2, 0) is 16.0 Å². The zero-order valence-corrected chi connectivity index (χ0v) is 20.0. The number of aliphatic hydroxyl groups excluding tert-OH is 1. The summed E-state index contributed by atoms with van der Waals surface area (Å²) in [5, 5.41) is 14.1. The summed E-state index contributed by atoms with van der Waals surface area (Å²) in [6.45, 7) is 6.27. The highest BCUT2D eigenvalue weighted by atomic mass is 35.5. The van der Waals surface area contributed by atoms with Crippen LogP contribution >= 0.6 is 11.6 Å². The number of halogens is 1. The van der Waals surface area contributed by atoms with E-state index < -0.39 is 6.10 Å². The van der Waals surface area contributed by atoms with Gasteiger partial charge in [0.05, 0.1) is 30.5 Å². The van der Waals surface area contributed by atoms with Crippen molar-refractivity contribution in [2.24, 2.45) is 0 Å². The van der Waals surface area contributed by atoms with E-state index in [0.717, 1.165) is 54.1 Å². The second-order valence-corrected chi connectivity index (χ2v) is 9.58. The van der Waals surface area contributed by atoms with Gasteiger partial charge in [-0.05, 0) is 49.6 Å². The van der Waals surface area contributed by atoms with Gasteiger partial charge in [0.2, 0.25) is 0 Å². The molecule has 180 valence electrons. The van der Waals surface area contributed by atoms with Gasteiger partial charge < -0.3 is 25.0 Å². The number of H-pyrrole nitrogens is 1. The van der Waals surface area contributed by atoms with Gasteiger partial charge in [0.1, 0.15) is 0 Å². The summed E-state index contributed by atoms with van der Waals surface area (Å²) < 4.78 is 5.37. The summed E-state index contributed by atoms with van der Waals surface area (Å²) in [6.07, 6.45) is 2.72. The van der Waals surface area contributed by atoms with E-state index in [0.29, 0.717) is 49.0 Å². The van der Waals surface area contributed by atoms with Crippen LogP contribution in [0.15, 0.2) is 18.2 Å². The number of β-amino-alcohol motifs (C(OH)–C–C–N with tert-alkyl or cyclic N) is 1. The number of morpholine rings is 1. The number of anilines is 1. The third kappa shape index (κ3) is 4.51. The van der Waals surface area contributed by atoms with Crippen molar-refractivity contribution in [1.29, 1.82) is 0 Å². The number of aromatic nitrogens is 1. The molecule has 5 rings (SSSR count). The number of nitrogens with zero attached hydrogens (tertiary/aromatic N) is 2. The second-order valence-electron chi connectivity index (χ2n) is 9.14. The van der Waals surface area contributed by atoms with Crippen molar-refractivity contribution >= 4 is 40.8 Å². The molecule has 0 spiro atoms. The number of rotatable bonds is 5. The van der Waals surface area contributed by atoms with Crippen molar-refractivity contribution in [3.8, 4) is 0 Å². The molecule has 3 N–H and O–H groups in total. The maximum Gasteiger partial charge on any atom is 0.256 e. The van der Waals surface area contributed by atoms with Gasteiger partial charge in [0.25, 0.3) is 11.8 Å². The highest BCUT2D eigenvalue weighted by Crippen LogP contribution is 2.36. The Morgan fingerprint density at radius 1 is 1.21 bits per heavy atom. The van der Waals surface area contributed by atoms with Gasteiger partial charge in [-0.3, -0.25) is 14.5 Å². The van der Waals surface area contributed by atoms with Gasteiger partial charge in [-0.15, -0.1) is 0 Å². The van der Waals surface area contributed by atoms with Gasteiger partial charge in [-0.25, -0.2) is 0 Å². The molecule has 0 aliphatic carbocycles. The molecule has 9 heteroatoms. The molecule has 0 saturated carbocycles. The number of aliphatic hydroxyl groups is 1. The predicted molar refractivity (Wildman–Crippen MR) is 131 cm³/mol. The highest BCUT2D eigenvalue weighted by molar-refractivity contribution is 6.36. The fourth-order valence-corrected chi connectivity index (χ4v) is 5.20. The third-order valence-electron chi connectivity index (χ3n) is 6.78. The Balaban J connectivity index is 1.38. The number of hydrogen-bond acceptors (Lipinski definition) is 5. The van der Waals surface area contributed by atoms with Crippen molar-refractivity contribution < 1.29 is 19.4 Å². The van der Waals surface area contributed by atoms with Crippen LogP contribution in [-0.4, -0.2) is 83.7 Å². The standard InChI is InChI=1S/C25H29ClN4O4/c1-15-22(12-19-18-11-16(26)4-5-20(18)28-24(19)32)27-21-3-2-6-30(25(33)23(15)21)14-17(31)13-29-7-9-34-10-8-29/h4-5,11-12,17,27,31H,2-3,6-10,13-14H2,1H3,(H,28,32)/b19-12-/t17-/m0/s1. The van der Waals surface area contributed by atoms with Gasteiger partial charge in [-0.1, -0.05) is 11.6 Å². The minimum absolute atomic E-state index is 0.0776. The Hall–Kier alpha value is -2.65. The van der Waals surface area contributed by atoms with Crippen LogP contribution in [0.3, 0.4) is 0 Å². The molecule has 3 aliphatic heterocycles. The fraction of sp³-hybridized carbons (Fsp3) is 0.440. The predicted octanol–water partition coefficient (Wildman–Crippen LogP) is 2.55. The van der Waals surface area contributed by atoms with Crippen molar-refractivity contribution in [1.82, 2.24) is 14.8 Å². The van der Waals surface area contributed by atoms with Crippen LogP contribution in [0.4, 0.5) is 5.69 Å². The maximum atomic E-state index is 13.5. The summed E-state index contributed by atoms with van der Waals surface area (Å²) in [7, 11) is 0. The molecular formula is C25H29ClN4O4. The van der Waals surface area contributed by atoms with Gasteiger partial charge in [0, 0.05) is 60.4 Å². The number of benzene rings is 1. The number of aryl methyl sites for hydroxylation is 1. The van der Waals surface area contributed by atoms with E-state index in [-0.39, 0.29) is 11.8 Å². The molecule has 0 bridgehead atoms. The van der Waals surface area contributed by atoms with E-state index in [9.17, 15) is 14.7 Å². The topological polar surface area (TPSA) is 97.9 Å². The summed E-state index contributed by atoms with van der Waals surface area (Å²) in [5.41, 5.74) is 5.07. The number of carbonyl (C=O) groups excluding carboxylic acids is 2. The average Bonchev–Trinajstić information content (AvgIpc) is 3.23. The number of carbonyl (C=O) groups is 2. The molecular weight excluding hydrogens is 456 g/mol. The molecule has 1 saturated heterocycles. The van der Waals surface area contributed by atoms with Crippen LogP contribution in [0.1, 0.15) is 39.3 Å². The van der Waals surface area contributed by atoms with Crippen LogP contribution in [0.25, 0.3) is 11.6 Å². The molecule has 0 radical (unpaired) electrons. The first-order valence-corrected chi connectivity index (χ1v) is 12.1. The van der Waals surface area contributed by atoms with E-state index >= 15 is 0 Å². The molecule has 4 heterocycles. The largest absolute Gasteiger partial charge is 0.390 e. The number of aromatic amines is 1. The number of hydrogen-bond donors (Lipinski definition) is 3. The van der Waals surface area contributed by atoms with Gasteiger partial charge in [-0.2, -0.15) is 0 Å². The Morgan fingerprint density at radius 2 is 2.00 bits per heavy atom. The first-order chi connectivity index (χ1) is 16.4. The summed E-state index contributed by atoms with van der Waals surface area (Å²) in [4.78, 5) is 33.4. The molecule has 1 aromatic heterocycles. The van der Waals surface area contributed by atoms with Crippen molar-refractivity contribution in [2.75, 3.05) is 51.3 Å². The number of amides is 2. The smallest absolute Gasteiger partial charge is 0.256 e. The second kappa shape index (κ2) is 9.54. The van der Waals surface area contributed by atoms with Crippen molar-refractivity contribution in [3.63, 3.8) is 0 Å². The highest BCUT2D eigenvalue weighted by Gasteiger charge is 2.30. The van der Waals surface area contributed by atoms with Gasteiger partial charge in [0.15, 0.2) is 0 Å². The van der Waals surface area contributed by atoms with Crippen LogP contribution < -0.4 is 5.32 Å². The minimum atomic E-state index is -0.618. The molecule has 2 aromatic rings. The molecule has 2 amide bonds. The molecule has 34 heavy (non-hydrogen) atoms. The zero-order chi connectivity index (χ0) is 23.8. The first-order valence-electron chi connectivity index (χ1n) is 11.7. The van der Waals surface area contributed by atoms with E-state index in [1.807, 2.05) is 6.92 Å². The quantitative estimate of drug-likeness (QED) is 0.567. The van der Waals surface area contributed by atoms with E-state index in [1.54, 1.807) is 29.2 Å². The molecule has 1 atom stereocenters. The lowest BCUT2D eigenvalue weighted by molar-refractivity contribution is -0.110. The zero-order valence-electron chi connectivity index (χ0n) is 19.2. The molecule has 0 unspecified atom stereocenters. The lowest BCUT2D eigenvalue weighted by Crippen LogP contribution is -2.46. The van der Waals surface area contributed by atoms with Crippen LogP contribution in [0.5, 0.6) is 0 Å². The van der Waals surface area contributed by atoms with Crippen LogP contribution in [0, 0.1) is 6.92 Å². The lowest BCUT2D eigenvalue weighted by Gasteiger charge is -2.31. The number of nitrogens with one attached hydrogen (secondary N) is 2. The van der Waals surface area contributed by atoms with E-state index in [4.69, 9.17) is 16.3 Å². The number of fused-ring (bicyclic) bond motifs is 2. The van der Waals surface area contributed by atoms with Crippen molar-refractivity contribution in [3.05, 3.63) is 51.3 Å². The minimum Gasteiger partial charge on any atom is -0.390 e. The lowest BCUT2D eigenvalue weighted by atomic mass is 10.0. The fourth-order valence-electron chi connectivity index (χ4n) is 5.02. The third-order valence-corrected chi connectivity index (χ3v) is 7.01. The van der Waals surface area contributed by atoms with Crippen molar-refractivity contribution in [2.45, 2.75) is 25.9 Å². The van der Waals surface area contributed by atoms with E-state index in [1.165, 1.54) is 0 Å². The molecule has 3 aliphatic rings. The van der Waals surface area contributed by atoms with E-state index in [2.05, 4.69) is 15.2 Å². The maximum absolute atomic E-state index is 13.5. The Kier molecular flexibility index (Phi) is 6.48. The SMILES string of the molecule is Cc1c(/C=C2\C(=O)Nc3ccc(Cl)cc32)[nH]c2c1C(=O)N(C[C@@H](O)CN1CCOCC1)CCC2. The van der Waals surface area contributed by atoms with Gasteiger partial charge >= 0.3 is 0 Å². The Bertz CT molecular complexity index is 1150. The molecule has 1 aromatic carbocycles. The molecule has 1 fully saturated rings.